The van der Waals surface area contributed by atoms with Crippen molar-refractivity contribution < 1.29 is 4.79 Å². The van der Waals surface area contributed by atoms with Crippen molar-refractivity contribution in [1.82, 2.24) is 0 Å². The quantitative estimate of drug-likeness (QED) is 0.666. The molecule has 14 heavy (non-hydrogen) atoms. The van der Waals surface area contributed by atoms with Crippen molar-refractivity contribution in [1.29, 1.82) is 0 Å². The number of para-hydroxylation sites is 1. The second-order valence-electron chi connectivity index (χ2n) is 2.86. The lowest BCUT2D eigenvalue weighted by Crippen LogP contribution is -2.24. The summed E-state index contributed by atoms with van der Waals surface area (Å²) >= 11 is 0. The summed E-state index contributed by atoms with van der Waals surface area (Å²) in [5.74, 6) is -0.126. The van der Waals surface area contributed by atoms with Gasteiger partial charge in [0, 0.05) is 7.05 Å². The van der Waals surface area contributed by atoms with Gasteiger partial charge in [-0.25, -0.2) is 0 Å². The zero-order valence-electron chi connectivity index (χ0n) is 8.23. The second-order valence-corrected chi connectivity index (χ2v) is 2.86. The van der Waals surface area contributed by atoms with E-state index >= 15 is 0 Å². The van der Waals surface area contributed by atoms with Crippen molar-refractivity contribution in [2.45, 2.75) is 0 Å². The Bertz CT molecular complexity index is 368. The first kappa shape index (κ1) is 10.3. The highest BCUT2D eigenvalue weighted by Gasteiger charge is 2.08. The molecule has 0 heterocycles. The van der Waals surface area contributed by atoms with Gasteiger partial charge in [-0.1, -0.05) is 37.4 Å². The van der Waals surface area contributed by atoms with Gasteiger partial charge in [-0.15, -0.1) is 0 Å². The summed E-state index contributed by atoms with van der Waals surface area (Å²) in [6.07, 6.45) is 3.02. The lowest BCUT2D eigenvalue weighted by atomic mass is 10.1. The highest BCUT2D eigenvalue weighted by atomic mass is 16.2. The van der Waals surface area contributed by atoms with Crippen LogP contribution in [-0.2, 0) is 4.79 Å². The Labute approximate surface area is 84.2 Å². The van der Waals surface area contributed by atoms with E-state index in [2.05, 4.69) is 13.2 Å². The van der Waals surface area contributed by atoms with Gasteiger partial charge < -0.3 is 4.90 Å². The van der Waals surface area contributed by atoms with Crippen molar-refractivity contribution in [3.05, 3.63) is 49.1 Å². The first-order chi connectivity index (χ1) is 6.70. The fourth-order valence-electron chi connectivity index (χ4n) is 1.22. The smallest absolute Gasteiger partial charge is 0.250 e. The lowest BCUT2D eigenvalue weighted by molar-refractivity contribution is -0.113. The molecule has 0 spiro atoms. The molecule has 0 atom stereocenters. The van der Waals surface area contributed by atoms with Gasteiger partial charge in [0.05, 0.1) is 5.69 Å². The Morgan fingerprint density at radius 1 is 1.36 bits per heavy atom. The van der Waals surface area contributed by atoms with Crippen LogP contribution in [0.1, 0.15) is 5.56 Å². The minimum atomic E-state index is -0.126. The van der Waals surface area contributed by atoms with Crippen molar-refractivity contribution in [3.8, 4) is 0 Å². The topological polar surface area (TPSA) is 20.3 Å². The van der Waals surface area contributed by atoms with Gasteiger partial charge in [0.25, 0.3) is 0 Å². The Morgan fingerprint density at radius 2 is 2.00 bits per heavy atom. The van der Waals surface area contributed by atoms with Crippen LogP contribution in [0.15, 0.2) is 43.5 Å². The van der Waals surface area contributed by atoms with Crippen LogP contribution >= 0.6 is 0 Å². The van der Waals surface area contributed by atoms with Crippen LogP contribution < -0.4 is 4.90 Å². The van der Waals surface area contributed by atoms with Crippen LogP contribution in [0.25, 0.3) is 6.08 Å². The van der Waals surface area contributed by atoms with Gasteiger partial charge in [0.2, 0.25) is 5.91 Å². The molecule has 0 saturated carbocycles. The maximum Gasteiger partial charge on any atom is 0.250 e. The summed E-state index contributed by atoms with van der Waals surface area (Å²) in [6.45, 7) is 7.14. The summed E-state index contributed by atoms with van der Waals surface area (Å²) in [7, 11) is 1.71. The molecule has 0 fully saturated rings. The normalized spacial score (nSPS) is 9.21. The molecule has 0 unspecified atom stereocenters. The Hall–Kier alpha value is -1.83. The first-order valence-corrected chi connectivity index (χ1v) is 4.32. The molecule has 0 radical (unpaired) electrons. The third-order valence-electron chi connectivity index (χ3n) is 2.02. The fraction of sp³-hybridized carbons (Fsp3) is 0.0833. The first-order valence-electron chi connectivity index (χ1n) is 4.32. The molecule has 0 aromatic heterocycles. The molecule has 1 rings (SSSR count). The number of carbonyl (C=O) groups is 1. The van der Waals surface area contributed by atoms with Crippen molar-refractivity contribution in [2.24, 2.45) is 0 Å². The molecule has 1 aromatic rings. The van der Waals surface area contributed by atoms with Crippen molar-refractivity contribution in [3.63, 3.8) is 0 Å². The van der Waals surface area contributed by atoms with Gasteiger partial charge in [0.1, 0.15) is 0 Å². The van der Waals surface area contributed by atoms with Crippen molar-refractivity contribution >= 4 is 17.7 Å². The molecule has 0 aliphatic heterocycles. The molecule has 1 amide bonds. The number of amides is 1. The van der Waals surface area contributed by atoms with Gasteiger partial charge in [0.15, 0.2) is 0 Å². The second kappa shape index (κ2) is 4.42. The molecule has 0 saturated heterocycles. The van der Waals surface area contributed by atoms with E-state index in [-0.39, 0.29) is 5.91 Å². The summed E-state index contributed by atoms with van der Waals surface area (Å²) in [5, 5.41) is 0. The number of anilines is 1. The summed E-state index contributed by atoms with van der Waals surface area (Å²) in [4.78, 5) is 12.9. The average molecular weight is 187 g/mol. The molecular formula is C12H13NO. The van der Waals surface area contributed by atoms with Gasteiger partial charge in [-0.05, 0) is 17.7 Å². The molecule has 0 aliphatic carbocycles. The third kappa shape index (κ3) is 1.91. The minimum Gasteiger partial charge on any atom is -0.311 e. The molecule has 0 bridgehead atoms. The average Bonchev–Trinajstić information content (AvgIpc) is 2.26. The summed E-state index contributed by atoms with van der Waals surface area (Å²) in [5.41, 5.74) is 1.78. The largest absolute Gasteiger partial charge is 0.311 e. The molecule has 0 N–H and O–H groups in total. The number of hydrogen-bond donors (Lipinski definition) is 0. The maximum absolute atomic E-state index is 11.4. The van der Waals surface area contributed by atoms with E-state index in [9.17, 15) is 4.79 Å². The van der Waals surface area contributed by atoms with E-state index in [0.29, 0.717) is 0 Å². The third-order valence-corrected chi connectivity index (χ3v) is 2.02. The Balaban J connectivity index is 3.11. The van der Waals surface area contributed by atoms with Crippen LogP contribution in [-0.4, -0.2) is 13.0 Å². The minimum absolute atomic E-state index is 0.126. The standard InChI is InChI=1S/C12H13NO/c1-4-10-8-6-7-9-11(10)13(3)12(14)5-2/h4-9H,1-2H2,3H3. The van der Waals surface area contributed by atoms with E-state index in [1.807, 2.05) is 24.3 Å². The van der Waals surface area contributed by atoms with E-state index in [1.165, 1.54) is 6.08 Å². The lowest BCUT2D eigenvalue weighted by Gasteiger charge is -2.17. The summed E-state index contributed by atoms with van der Waals surface area (Å²) in [6, 6.07) is 7.58. The zero-order valence-corrected chi connectivity index (χ0v) is 8.23. The van der Waals surface area contributed by atoms with Crippen LogP contribution in [0.3, 0.4) is 0 Å². The maximum atomic E-state index is 11.4. The van der Waals surface area contributed by atoms with E-state index in [4.69, 9.17) is 0 Å². The van der Waals surface area contributed by atoms with E-state index in [0.717, 1.165) is 11.3 Å². The van der Waals surface area contributed by atoms with Crippen LogP contribution in [0, 0.1) is 0 Å². The highest BCUT2D eigenvalue weighted by molar-refractivity contribution is 6.01. The number of likely N-dealkylation sites (N-methyl/N-ethyl adjacent to an activating group) is 1. The Kier molecular flexibility index (Phi) is 3.24. The van der Waals surface area contributed by atoms with Gasteiger partial charge in [-0.2, -0.15) is 0 Å². The van der Waals surface area contributed by atoms with Crippen LogP contribution in [0.2, 0.25) is 0 Å². The molecule has 0 aliphatic rings. The molecule has 2 nitrogen and oxygen atoms in total. The predicted molar refractivity (Wildman–Crippen MR) is 60.1 cm³/mol. The molecule has 2 heteroatoms. The van der Waals surface area contributed by atoms with Crippen LogP contribution in [0.5, 0.6) is 0 Å². The molecule has 1 aromatic carbocycles. The fourth-order valence-corrected chi connectivity index (χ4v) is 1.22. The number of benzene rings is 1. The summed E-state index contributed by atoms with van der Waals surface area (Å²) < 4.78 is 0. The van der Waals surface area contributed by atoms with Gasteiger partial charge in [-0.3, -0.25) is 4.79 Å². The van der Waals surface area contributed by atoms with Gasteiger partial charge >= 0.3 is 0 Å². The number of hydrogen-bond acceptors (Lipinski definition) is 1. The number of rotatable bonds is 3. The monoisotopic (exact) mass is 187 g/mol. The molecular weight excluding hydrogens is 174 g/mol. The zero-order chi connectivity index (χ0) is 10.6. The SMILES string of the molecule is C=CC(=O)N(C)c1ccccc1C=C. The van der Waals surface area contributed by atoms with E-state index < -0.39 is 0 Å². The van der Waals surface area contributed by atoms with Crippen molar-refractivity contribution in [2.75, 3.05) is 11.9 Å². The number of nitrogens with zero attached hydrogens (tertiary/aromatic N) is 1. The van der Waals surface area contributed by atoms with Crippen LogP contribution in [0.4, 0.5) is 5.69 Å². The Morgan fingerprint density at radius 3 is 2.57 bits per heavy atom. The molecule has 72 valence electrons. The highest BCUT2D eigenvalue weighted by Crippen LogP contribution is 2.20. The predicted octanol–water partition coefficient (Wildman–Crippen LogP) is 2.48. The number of carbonyl (C=O) groups excluding carboxylic acids is 1. The van der Waals surface area contributed by atoms with E-state index in [1.54, 1.807) is 18.0 Å².